The molecule has 1 heterocycles. The number of methoxy groups -OCH3 is 1. The zero-order chi connectivity index (χ0) is 14.3. The number of halogens is 1. The lowest BCUT2D eigenvalue weighted by atomic mass is 9.99. The van der Waals surface area contributed by atoms with Gasteiger partial charge in [0.15, 0.2) is 24.6 Å². The van der Waals surface area contributed by atoms with E-state index in [2.05, 4.69) is 0 Å². The van der Waals surface area contributed by atoms with Gasteiger partial charge in [0.1, 0.15) is 6.10 Å². The molecule has 0 bridgehead atoms. The van der Waals surface area contributed by atoms with Gasteiger partial charge in [-0.15, -0.1) is 11.6 Å². The Balaban J connectivity index is 3.00. The van der Waals surface area contributed by atoms with Gasteiger partial charge in [-0.1, -0.05) is 0 Å². The lowest BCUT2D eigenvalue weighted by molar-refractivity contribution is -0.288. The molecule has 19 heavy (non-hydrogen) atoms. The first-order chi connectivity index (χ1) is 9.23. The number of hydrogen-bond donors (Lipinski definition) is 0. The van der Waals surface area contributed by atoms with Gasteiger partial charge < -0.3 is 23.7 Å². The molecule has 108 valence electrons. The minimum absolute atomic E-state index is 0.0368. The maximum atomic E-state index is 10.5. The van der Waals surface area contributed by atoms with Crippen molar-refractivity contribution in [2.45, 2.75) is 30.7 Å². The van der Waals surface area contributed by atoms with Crippen molar-refractivity contribution in [2.75, 3.05) is 13.0 Å². The van der Waals surface area contributed by atoms with Gasteiger partial charge in [0.25, 0.3) is 19.4 Å². The molecule has 0 unspecified atom stereocenters. The molecule has 8 nitrogen and oxygen atoms in total. The molecule has 0 aliphatic carbocycles. The van der Waals surface area contributed by atoms with E-state index < -0.39 is 30.7 Å². The summed E-state index contributed by atoms with van der Waals surface area (Å²) in [5, 5.41) is 0. The van der Waals surface area contributed by atoms with E-state index in [9.17, 15) is 14.4 Å². The predicted octanol–water partition coefficient (Wildman–Crippen LogP) is -0.779. The Morgan fingerprint density at radius 2 is 1.53 bits per heavy atom. The molecular formula is C10H13ClO8. The zero-order valence-electron chi connectivity index (χ0n) is 9.97. The third kappa shape index (κ3) is 3.55. The van der Waals surface area contributed by atoms with Gasteiger partial charge in [-0.25, -0.2) is 0 Å². The van der Waals surface area contributed by atoms with Gasteiger partial charge in [0.2, 0.25) is 0 Å². The van der Waals surface area contributed by atoms with Gasteiger partial charge in [-0.2, -0.15) is 0 Å². The van der Waals surface area contributed by atoms with Crippen LogP contribution in [0.1, 0.15) is 0 Å². The molecule has 9 heteroatoms. The van der Waals surface area contributed by atoms with E-state index in [0.717, 1.165) is 0 Å². The van der Waals surface area contributed by atoms with E-state index in [-0.39, 0.29) is 25.3 Å². The summed E-state index contributed by atoms with van der Waals surface area (Å²) in [6.45, 7) is 0.469. The fraction of sp³-hybridized carbons (Fsp3) is 0.700. The molecule has 0 aromatic rings. The third-order valence-corrected chi connectivity index (χ3v) is 2.92. The van der Waals surface area contributed by atoms with Crippen LogP contribution >= 0.6 is 11.6 Å². The maximum absolute atomic E-state index is 10.5. The second kappa shape index (κ2) is 7.93. The summed E-state index contributed by atoms with van der Waals surface area (Å²) < 4.78 is 24.7. The smallest absolute Gasteiger partial charge is 0.293 e. The van der Waals surface area contributed by atoms with E-state index in [0.29, 0.717) is 0 Å². The summed E-state index contributed by atoms with van der Waals surface area (Å²) in [5.41, 5.74) is 0. The van der Waals surface area contributed by atoms with Crippen molar-refractivity contribution in [3.05, 3.63) is 0 Å². The van der Waals surface area contributed by atoms with Crippen LogP contribution in [0.3, 0.4) is 0 Å². The van der Waals surface area contributed by atoms with Crippen LogP contribution in [0.4, 0.5) is 0 Å². The highest BCUT2D eigenvalue weighted by Crippen LogP contribution is 2.28. The molecule has 0 saturated carbocycles. The normalized spacial score (nSPS) is 34.1. The van der Waals surface area contributed by atoms with Crippen LogP contribution in [-0.4, -0.2) is 63.1 Å². The number of hydrogen-bond acceptors (Lipinski definition) is 8. The second-order valence-electron chi connectivity index (χ2n) is 3.52. The van der Waals surface area contributed by atoms with Gasteiger partial charge >= 0.3 is 0 Å². The van der Waals surface area contributed by atoms with Crippen molar-refractivity contribution in [3.8, 4) is 0 Å². The van der Waals surface area contributed by atoms with Crippen LogP contribution in [0.2, 0.25) is 0 Å². The number of alkyl halides is 1. The lowest BCUT2D eigenvalue weighted by Gasteiger charge is -2.42. The molecule has 0 radical (unpaired) electrons. The average Bonchev–Trinajstić information content (AvgIpc) is 2.43. The molecular weight excluding hydrogens is 284 g/mol. The highest BCUT2D eigenvalue weighted by molar-refractivity contribution is 6.18. The number of carbonyl (C=O) groups excluding carboxylic acids is 3. The van der Waals surface area contributed by atoms with Crippen molar-refractivity contribution in [3.63, 3.8) is 0 Å². The molecule has 1 saturated heterocycles. The molecule has 0 aromatic heterocycles. The summed E-state index contributed by atoms with van der Waals surface area (Å²) in [5.74, 6) is -0.0368. The van der Waals surface area contributed by atoms with E-state index in [4.69, 9.17) is 35.3 Å². The monoisotopic (exact) mass is 296 g/mol. The summed E-state index contributed by atoms with van der Waals surface area (Å²) in [4.78, 5) is 31.5. The quantitative estimate of drug-likeness (QED) is 0.327. The second-order valence-corrected chi connectivity index (χ2v) is 3.83. The summed E-state index contributed by atoms with van der Waals surface area (Å²) in [7, 11) is 1.32. The molecule has 1 rings (SSSR count). The summed E-state index contributed by atoms with van der Waals surface area (Å²) in [6.07, 6.45) is -4.91. The molecule has 1 aliphatic heterocycles. The largest absolute Gasteiger partial charge is 0.458 e. The molecule has 0 aromatic carbocycles. The van der Waals surface area contributed by atoms with E-state index in [1.807, 2.05) is 0 Å². The summed E-state index contributed by atoms with van der Waals surface area (Å²) >= 11 is 5.69. The number of ether oxygens (including phenoxy) is 5. The zero-order valence-corrected chi connectivity index (χ0v) is 10.7. The Kier molecular flexibility index (Phi) is 6.54. The van der Waals surface area contributed by atoms with Crippen molar-refractivity contribution in [2.24, 2.45) is 0 Å². The topological polar surface area (TPSA) is 97.4 Å². The molecule has 5 atom stereocenters. The standard InChI is InChI=1S/C10H13ClO8/c1-15-10-9(18-5-14)8(17-4-13)7(16-3-12)6(2-11)19-10/h3-10H,2H2,1H3/t6-,7-,8+,9+,10+/m1/s1. The van der Waals surface area contributed by atoms with Gasteiger partial charge in [-0.05, 0) is 0 Å². The molecule has 1 aliphatic rings. The van der Waals surface area contributed by atoms with E-state index in [1.165, 1.54) is 7.11 Å². The minimum atomic E-state index is -1.07. The van der Waals surface area contributed by atoms with Crippen LogP contribution in [0.25, 0.3) is 0 Å². The SMILES string of the molecule is CO[C@H]1O[C@H](CCl)[C@@H](OC=O)[C@H](OC=O)[C@@H]1OC=O. The summed E-state index contributed by atoms with van der Waals surface area (Å²) in [6, 6.07) is 0. The molecule has 0 amide bonds. The van der Waals surface area contributed by atoms with E-state index >= 15 is 0 Å². The maximum Gasteiger partial charge on any atom is 0.293 e. The van der Waals surface area contributed by atoms with Crippen LogP contribution in [-0.2, 0) is 38.1 Å². The number of carbonyl (C=O) groups is 3. The van der Waals surface area contributed by atoms with Crippen molar-refractivity contribution in [1.29, 1.82) is 0 Å². The van der Waals surface area contributed by atoms with Crippen molar-refractivity contribution < 1.29 is 38.1 Å². The number of rotatable bonds is 8. The predicted molar refractivity (Wildman–Crippen MR) is 59.2 cm³/mol. The highest BCUT2D eigenvalue weighted by atomic mass is 35.5. The fourth-order valence-corrected chi connectivity index (χ4v) is 2.10. The lowest BCUT2D eigenvalue weighted by Crippen LogP contribution is -2.61. The Hall–Kier alpha value is -1.38. The first-order valence-corrected chi connectivity index (χ1v) is 5.78. The minimum Gasteiger partial charge on any atom is -0.458 e. The Bertz CT molecular complexity index is 288. The highest BCUT2D eigenvalue weighted by Gasteiger charge is 2.50. The average molecular weight is 297 g/mol. The fourth-order valence-electron chi connectivity index (χ4n) is 1.85. The Morgan fingerprint density at radius 3 is 2.00 bits per heavy atom. The van der Waals surface area contributed by atoms with Crippen LogP contribution < -0.4 is 0 Å². The van der Waals surface area contributed by atoms with Gasteiger partial charge in [-0.3, -0.25) is 14.4 Å². The van der Waals surface area contributed by atoms with Gasteiger partial charge in [0, 0.05) is 7.11 Å². The molecule has 0 spiro atoms. The van der Waals surface area contributed by atoms with E-state index in [1.54, 1.807) is 0 Å². The third-order valence-electron chi connectivity index (χ3n) is 2.61. The van der Waals surface area contributed by atoms with Crippen molar-refractivity contribution >= 4 is 31.0 Å². The van der Waals surface area contributed by atoms with Crippen LogP contribution in [0.15, 0.2) is 0 Å². The van der Waals surface area contributed by atoms with Gasteiger partial charge in [0.05, 0.1) is 5.88 Å². The Labute approximate surface area is 113 Å². The molecule has 0 N–H and O–H groups in total. The molecule has 1 fully saturated rings. The van der Waals surface area contributed by atoms with Crippen LogP contribution in [0.5, 0.6) is 0 Å². The first kappa shape index (κ1) is 15.7. The Morgan fingerprint density at radius 1 is 1.00 bits per heavy atom. The first-order valence-electron chi connectivity index (χ1n) is 5.25. The van der Waals surface area contributed by atoms with Crippen LogP contribution in [0, 0.1) is 0 Å². The van der Waals surface area contributed by atoms with Crippen molar-refractivity contribution in [1.82, 2.24) is 0 Å².